The second-order valence-corrected chi connectivity index (χ2v) is 2.66. The molecule has 0 aromatic heterocycles. The van der Waals surface area contributed by atoms with E-state index in [0.717, 1.165) is 12.2 Å². The number of carbonyl (C=O) groups excluding carboxylic acids is 2. The molecule has 0 rings (SSSR count). The summed E-state index contributed by atoms with van der Waals surface area (Å²) < 4.78 is 4.22. The number of esters is 1. The number of hydrogen-bond donors (Lipinski definition) is 0. The van der Waals surface area contributed by atoms with Crippen LogP contribution in [-0.2, 0) is 14.3 Å². The van der Waals surface area contributed by atoms with Crippen LogP contribution in [0.5, 0.6) is 0 Å². The Labute approximate surface area is 73.9 Å². The third-order valence-electron chi connectivity index (χ3n) is 0.800. The van der Waals surface area contributed by atoms with Crippen molar-refractivity contribution in [2.75, 3.05) is 7.11 Å². The molecule has 0 N–H and O–H groups in total. The average molecular weight is 197 g/mol. The molecule has 0 atom stereocenters. The van der Waals surface area contributed by atoms with Crippen LogP contribution in [-0.4, -0.2) is 23.7 Å². The van der Waals surface area contributed by atoms with Crippen molar-refractivity contribution in [2.24, 2.45) is 0 Å². The van der Waals surface area contributed by atoms with Crippen LogP contribution < -0.4 is 0 Å². The van der Waals surface area contributed by atoms with Gasteiger partial charge in [0.15, 0.2) is 10.6 Å². The molecule has 0 spiro atoms. The Morgan fingerprint density at radius 2 is 1.91 bits per heavy atom. The molecule has 0 saturated carbocycles. The Kier molecular flexibility index (Phi) is 4.90. The number of rotatable bonds is 3. The van der Waals surface area contributed by atoms with E-state index >= 15 is 0 Å². The van der Waals surface area contributed by atoms with Crippen LogP contribution in [0.4, 0.5) is 0 Å². The van der Waals surface area contributed by atoms with Crippen molar-refractivity contribution in [3.05, 3.63) is 12.2 Å². The lowest BCUT2D eigenvalue weighted by Gasteiger charge is -1.91. The molecule has 0 aromatic rings. The highest BCUT2D eigenvalue weighted by Crippen LogP contribution is 2.03. The van der Waals surface area contributed by atoms with Gasteiger partial charge in [0, 0.05) is 6.08 Å². The summed E-state index contributed by atoms with van der Waals surface area (Å²) in [6.45, 7) is 0. The van der Waals surface area contributed by atoms with Gasteiger partial charge in [-0.05, 0) is 6.08 Å². The van der Waals surface area contributed by atoms with Gasteiger partial charge in [0.25, 0.3) is 0 Å². The van der Waals surface area contributed by atoms with E-state index < -0.39 is 16.6 Å². The first-order valence-corrected chi connectivity index (χ1v) is 3.53. The third-order valence-corrected chi connectivity index (χ3v) is 1.23. The van der Waals surface area contributed by atoms with Gasteiger partial charge in [-0.25, -0.2) is 4.79 Å². The van der Waals surface area contributed by atoms with Gasteiger partial charge in [0.1, 0.15) is 0 Å². The third kappa shape index (κ3) is 4.81. The summed E-state index contributed by atoms with van der Waals surface area (Å²) in [6.07, 6.45) is 1.93. The Morgan fingerprint density at radius 1 is 1.36 bits per heavy atom. The summed E-state index contributed by atoms with van der Waals surface area (Å²) in [7, 11) is 1.20. The zero-order valence-electron chi connectivity index (χ0n) is 5.71. The van der Waals surface area contributed by atoms with Crippen LogP contribution in [0.3, 0.4) is 0 Å². The van der Waals surface area contributed by atoms with Crippen molar-refractivity contribution < 1.29 is 14.3 Å². The molecule has 0 aliphatic heterocycles. The van der Waals surface area contributed by atoms with Gasteiger partial charge in [0.2, 0.25) is 0 Å². The molecule has 3 nitrogen and oxygen atoms in total. The zero-order chi connectivity index (χ0) is 8.85. The van der Waals surface area contributed by atoms with Crippen LogP contribution in [0.15, 0.2) is 12.2 Å². The Hall–Kier alpha value is -0.540. The van der Waals surface area contributed by atoms with Crippen LogP contribution in [0.1, 0.15) is 0 Å². The average Bonchev–Trinajstić information content (AvgIpc) is 1.99. The monoisotopic (exact) mass is 196 g/mol. The number of hydrogen-bond acceptors (Lipinski definition) is 3. The van der Waals surface area contributed by atoms with Gasteiger partial charge in [-0.15, -0.1) is 0 Å². The summed E-state index contributed by atoms with van der Waals surface area (Å²) in [5.74, 6) is -1.16. The van der Waals surface area contributed by atoms with Gasteiger partial charge >= 0.3 is 5.97 Å². The van der Waals surface area contributed by atoms with Crippen LogP contribution >= 0.6 is 23.2 Å². The predicted molar refractivity (Wildman–Crippen MR) is 41.7 cm³/mol. The van der Waals surface area contributed by atoms with Gasteiger partial charge in [0.05, 0.1) is 7.11 Å². The molecule has 0 aromatic carbocycles. The number of allylic oxidation sites excluding steroid dienone is 1. The molecule has 5 heteroatoms. The van der Waals surface area contributed by atoms with Crippen molar-refractivity contribution in [2.45, 2.75) is 4.84 Å². The molecule has 0 fully saturated rings. The highest BCUT2D eigenvalue weighted by molar-refractivity contribution is 6.54. The summed E-state index contributed by atoms with van der Waals surface area (Å²) in [5.41, 5.74) is 0. The first-order valence-electron chi connectivity index (χ1n) is 2.66. The maximum atomic E-state index is 10.6. The number of methoxy groups -OCH3 is 1. The smallest absolute Gasteiger partial charge is 0.330 e. The fraction of sp³-hybridized carbons (Fsp3) is 0.333. The van der Waals surface area contributed by atoms with E-state index in [9.17, 15) is 9.59 Å². The lowest BCUT2D eigenvalue weighted by Crippen LogP contribution is -2.04. The molecule has 0 saturated heterocycles. The zero-order valence-corrected chi connectivity index (χ0v) is 7.22. The van der Waals surface area contributed by atoms with E-state index in [1.807, 2.05) is 0 Å². The highest BCUT2D eigenvalue weighted by atomic mass is 35.5. The summed E-state index contributed by atoms with van der Waals surface area (Å²) >= 11 is 10.3. The van der Waals surface area contributed by atoms with E-state index in [0.29, 0.717) is 0 Å². The Morgan fingerprint density at radius 3 is 2.27 bits per heavy atom. The maximum Gasteiger partial charge on any atom is 0.330 e. The Balaban J connectivity index is 3.93. The van der Waals surface area contributed by atoms with Gasteiger partial charge < -0.3 is 4.74 Å². The first kappa shape index (κ1) is 10.5. The van der Waals surface area contributed by atoms with Crippen molar-refractivity contribution in [1.29, 1.82) is 0 Å². The lowest BCUT2D eigenvalue weighted by atomic mass is 10.4. The van der Waals surface area contributed by atoms with E-state index in [1.165, 1.54) is 7.11 Å². The molecule has 0 radical (unpaired) electrons. The van der Waals surface area contributed by atoms with Crippen LogP contribution in [0, 0.1) is 0 Å². The summed E-state index contributed by atoms with van der Waals surface area (Å²) in [5, 5.41) is 0. The van der Waals surface area contributed by atoms with Crippen LogP contribution in [0.2, 0.25) is 0 Å². The lowest BCUT2D eigenvalue weighted by molar-refractivity contribution is -0.135. The van der Waals surface area contributed by atoms with E-state index in [1.54, 1.807) is 0 Å². The first-order chi connectivity index (χ1) is 5.07. The molecule has 11 heavy (non-hydrogen) atoms. The van der Waals surface area contributed by atoms with Crippen molar-refractivity contribution in [1.82, 2.24) is 0 Å². The molecule has 62 valence electrons. The number of carbonyl (C=O) groups is 2. The minimum absolute atomic E-state index is 0.543. The molecule has 0 amide bonds. The van der Waals surface area contributed by atoms with Gasteiger partial charge in [-0.3, -0.25) is 4.79 Å². The fourth-order valence-electron chi connectivity index (χ4n) is 0.291. The molecule has 0 aliphatic carbocycles. The highest BCUT2D eigenvalue weighted by Gasteiger charge is 2.07. The standard InChI is InChI=1S/C6H6Cl2O3/c1-11-5(10)3-2-4(9)6(7)8/h2-3,6H,1H3/b3-2-. The van der Waals surface area contributed by atoms with Gasteiger partial charge in [-0.1, -0.05) is 23.2 Å². The quantitative estimate of drug-likeness (QED) is 0.386. The number of alkyl halides is 2. The summed E-state index contributed by atoms with van der Waals surface area (Å²) in [4.78, 5) is 19.9. The number of ether oxygens (including phenoxy) is 1. The molecular formula is C6H6Cl2O3. The molecular weight excluding hydrogens is 191 g/mol. The van der Waals surface area contributed by atoms with E-state index in [4.69, 9.17) is 23.2 Å². The number of ketones is 1. The molecule has 0 aliphatic rings. The maximum absolute atomic E-state index is 10.6. The topological polar surface area (TPSA) is 43.4 Å². The van der Waals surface area contributed by atoms with Gasteiger partial charge in [-0.2, -0.15) is 0 Å². The van der Waals surface area contributed by atoms with E-state index in [-0.39, 0.29) is 0 Å². The second-order valence-electron chi connectivity index (χ2n) is 1.56. The van der Waals surface area contributed by atoms with Crippen molar-refractivity contribution in [3.8, 4) is 0 Å². The van der Waals surface area contributed by atoms with E-state index in [2.05, 4.69) is 4.74 Å². The fourth-order valence-corrected chi connectivity index (χ4v) is 0.436. The normalized spacial score (nSPS) is 10.5. The summed E-state index contributed by atoms with van der Waals surface area (Å²) in [6, 6.07) is 0. The molecule has 0 unspecified atom stereocenters. The minimum Gasteiger partial charge on any atom is -0.466 e. The van der Waals surface area contributed by atoms with Crippen molar-refractivity contribution in [3.63, 3.8) is 0 Å². The number of halogens is 2. The largest absolute Gasteiger partial charge is 0.466 e. The predicted octanol–water partition coefficient (Wildman–Crippen LogP) is 1.09. The Bertz CT molecular complexity index is 186. The van der Waals surface area contributed by atoms with Crippen molar-refractivity contribution >= 4 is 35.0 Å². The molecule has 0 heterocycles. The molecule has 0 bridgehead atoms. The SMILES string of the molecule is COC(=O)/C=C\C(=O)C(Cl)Cl. The van der Waals surface area contributed by atoms with Crippen LogP contribution in [0.25, 0.3) is 0 Å². The minimum atomic E-state index is -1.13. The second kappa shape index (κ2) is 5.16.